The highest BCUT2D eigenvalue weighted by atomic mass is 16.6. The van der Waals surface area contributed by atoms with E-state index in [1.165, 1.54) is 0 Å². The second kappa shape index (κ2) is 8.20. The van der Waals surface area contributed by atoms with E-state index in [0.29, 0.717) is 6.61 Å². The summed E-state index contributed by atoms with van der Waals surface area (Å²) in [5, 5.41) is 0. The predicted molar refractivity (Wildman–Crippen MR) is 75.5 cm³/mol. The highest BCUT2D eigenvalue weighted by Gasteiger charge is 2.44. The molecule has 1 fully saturated rings. The molecule has 0 bridgehead atoms. The topological polar surface area (TPSA) is 36.9 Å². The van der Waals surface area contributed by atoms with Gasteiger partial charge in [0.2, 0.25) is 0 Å². The maximum atomic E-state index is 6.01. The number of hydrogen-bond donors (Lipinski definition) is 0. The molecule has 0 aromatic carbocycles. The van der Waals surface area contributed by atoms with E-state index in [-0.39, 0.29) is 36.6 Å². The third-order valence-electron chi connectivity index (χ3n) is 3.08. The fraction of sp³-hybridized carbons (Fsp3) is 1.00. The van der Waals surface area contributed by atoms with Crippen molar-refractivity contribution in [3.05, 3.63) is 0 Å². The average molecular weight is 274 g/mol. The van der Waals surface area contributed by atoms with Crippen LogP contribution in [0.3, 0.4) is 0 Å². The van der Waals surface area contributed by atoms with E-state index in [4.69, 9.17) is 18.9 Å². The van der Waals surface area contributed by atoms with Crippen molar-refractivity contribution in [2.45, 2.75) is 84.6 Å². The van der Waals surface area contributed by atoms with Gasteiger partial charge in [-0.25, -0.2) is 0 Å². The molecule has 0 amide bonds. The van der Waals surface area contributed by atoms with Crippen LogP contribution >= 0.6 is 0 Å². The van der Waals surface area contributed by atoms with Crippen molar-refractivity contribution in [1.29, 1.82) is 0 Å². The largest absolute Gasteiger partial charge is 0.376 e. The number of hydrogen-bond acceptors (Lipinski definition) is 4. The minimum atomic E-state index is -0.0414. The van der Waals surface area contributed by atoms with Gasteiger partial charge in [-0.1, -0.05) is 6.92 Å². The van der Waals surface area contributed by atoms with Crippen molar-refractivity contribution >= 4 is 0 Å². The minimum absolute atomic E-state index is 0.00288. The van der Waals surface area contributed by atoms with Gasteiger partial charge in [-0.2, -0.15) is 0 Å². The van der Waals surface area contributed by atoms with Gasteiger partial charge in [-0.05, 0) is 41.0 Å². The Balaban J connectivity index is 2.63. The first kappa shape index (κ1) is 16.9. The molecule has 1 aliphatic rings. The van der Waals surface area contributed by atoms with Crippen LogP contribution in [0.5, 0.6) is 0 Å². The van der Waals surface area contributed by atoms with Crippen molar-refractivity contribution in [2.75, 3.05) is 13.2 Å². The van der Waals surface area contributed by atoms with Crippen LogP contribution in [0.1, 0.15) is 48.0 Å². The molecule has 4 nitrogen and oxygen atoms in total. The second-order valence-electron chi connectivity index (χ2n) is 5.75. The second-order valence-corrected chi connectivity index (χ2v) is 5.75. The van der Waals surface area contributed by atoms with Crippen LogP contribution in [0.15, 0.2) is 0 Å². The van der Waals surface area contributed by atoms with E-state index in [1.54, 1.807) is 0 Å². The first-order valence-electron chi connectivity index (χ1n) is 7.49. The molecule has 114 valence electrons. The van der Waals surface area contributed by atoms with E-state index in [1.807, 2.05) is 34.6 Å². The lowest BCUT2D eigenvalue weighted by Gasteiger charge is -2.26. The Morgan fingerprint density at radius 1 is 1.05 bits per heavy atom. The highest BCUT2D eigenvalue weighted by molar-refractivity contribution is 4.91. The Bertz CT molecular complexity index is 242. The lowest BCUT2D eigenvalue weighted by atomic mass is 10.1. The molecule has 1 unspecified atom stereocenters. The Kier molecular flexibility index (Phi) is 7.29. The first-order valence-corrected chi connectivity index (χ1v) is 7.49. The zero-order chi connectivity index (χ0) is 14.4. The molecule has 0 saturated carbocycles. The van der Waals surface area contributed by atoms with Crippen molar-refractivity contribution in [1.82, 2.24) is 0 Å². The van der Waals surface area contributed by atoms with Gasteiger partial charge in [0.05, 0.1) is 24.9 Å². The summed E-state index contributed by atoms with van der Waals surface area (Å²) in [5.74, 6) is 0. The molecule has 1 rings (SSSR count). The van der Waals surface area contributed by atoms with Crippen LogP contribution in [0, 0.1) is 0 Å². The molecule has 0 spiro atoms. The normalized spacial score (nSPS) is 31.6. The zero-order valence-electron chi connectivity index (χ0n) is 13.2. The van der Waals surface area contributed by atoms with Gasteiger partial charge < -0.3 is 18.9 Å². The van der Waals surface area contributed by atoms with Crippen LogP contribution in [0.25, 0.3) is 0 Å². The SMILES string of the molecule is CCCO[C@H]1C(OC(C)C)[C@@H](COC(C)C)O[C@H]1C. The van der Waals surface area contributed by atoms with Gasteiger partial charge in [0.25, 0.3) is 0 Å². The fourth-order valence-electron chi connectivity index (χ4n) is 2.29. The first-order chi connectivity index (χ1) is 8.95. The van der Waals surface area contributed by atoms with Crippen LogP contribution in [-0.2, 0) is 18.9 Å². The van der Waals surface area contributed by atoms with Gasteiger partial charge in [-0.15, -0.1) is 0 Å². The summed E-state index contributed by atoms with van der Waals surface area (Å²) in [6.45, 7) is 13.6. The van der Waals surface area contributed by atoms with Gasteiger partial charge in [0.15, 0.2) is 0 Å². The molecule has 1 saturated heterocycles. The molecule has 1 aliphatic heterocycles. The van der Waals surface area contributed by atoms with Crippen LogP contribution in [0.4, 0.5) is 0 Å². The molecule has 4 atom stereocenters. The lowest BCUT2D eigenvalue weighted by Crippen LogP contribution is -2.40. The number of ether oxygens (including phenoxy) is 4. The van der Waals surface area contributed by atoms with Gasteiger partial charge in [-0.3, -0.25) is 0 Å². The Hall–Kier alpha value is -0.160. The Morgan fingerprint density at radius 2 is 1.74 bits per heavy atom. The lowest BCUT2D eigenvalue weighted by molar-refractivity contribution is -0.103. The molecule has 19 heavy (non-hydrogen) atoms. The van der Waals surface area contributed by atoms with E-state index >= 15 is 0 Å². The van der Waals surface area contributed by atoms with E-state index < -0.39 is 0 Å². The maximum absolute atomic E-state index is 6.01. The van der Waals surface area contributed by atoms with Gasteiger partial charge in [0.1, 0.15) is 18.3 Å². The Morgan fingerprint density at radius 3 is 2.26 bits per heavy atom. The molecule has 0 N–H and O–H groups in total. The third-order valence-corrected chi connectivity index (χ3v) is 3.08. The minimum Gasteiger partial charge on any atom is -0.376 e. The summed E-state index contributed by atoms with van der Waals surface area (Å²) in [4.78, 5) is 0. The standard InChI is InChI=1S/C15H30O4/c1-7-8-16-14-12(6)19-13(9-17-10(2)3)15(14)18-11(4)5/h10-15H,7-9H2,1-6H3/t12-,13+,14+,15?/m0/s1. The van der Waals surface area contributed by atoms with Crippen LogP contribution in [0.2, 0.25) is 0 Å². The van der Waals surface area contributed by atoms with E-state index in [2.05, 4.69) is 6.92 Å². The van der Waals surface area contributed by atoms with Crippen molar-refractivity contribution in [3.8, 4) is 0 Å². The molecule has 0 radical (unpaired) electrons. The molecule has 4 heteroatoms. The summed E-state index contributed by atoms with van der Waals surface area (Å²) >= 11 is 0. The molecule has 0 aliphatic carbocycles. The monoisotopic (exact) mass is 274 g/mol. The smallest absolute Gasteiger partial charge is 0.115 e. The molecular formula is C15H30O4. The van der Waals surface area contributed by atoms with Crippen molar-refractivity contribution in [3.63, 3.8) is 0 Å². The maximum Gasteiger partial charge on any atom is 0.115 e. The van der Waals surface area contributed by atoms with Gasteiger partial charge >= 0.3 is 0 Å². The molecular weight excluding hydrogens is 244 g/mol. The fourth-order valence-corrected chi connectivity index (χ4v) is 2.29. The summed E-state index contributed by atoms with van der Waals surface area (Å²) in [5.41, 5.74) is 0. The molecule has 0 aromatic rings. The van der Waals surface area contributed by atoms with Gasteiger partial charge in [0, 0.05) is 6.61 Å². The number of rotatable bonds is 8. The average Bonchev–Trinajstić information content (AvgIpc) is 2.60. The Labute approximate surface area is 117 Å². The molecule has 1 heterocycles. The molecule has 0 aromatic heterocycles. The van der Waals surface area contributed by atoms with E-state index in [0.717, 1.165) is 13.0 Å². The van der Waals surface area contributed by atoms with Crippen molar-refractivity contribution in [2.24, 2.45) is 0 Å². The highest BCUT2D eigenvalue weighted by Crippen LogP contribution is 2.28. The predicted octanol–water partition coefficient (Wildman–Crippen LogP) is 2.79. The summed E-state index contributed by atoms with van der Waals surface area (Å²) < 4.78 is 23.6. The van der Waals surface area contributed by atoms with Crippen molar-refractivity contribution < 1.29 is 18.9 Å². The van der Waals surface area contributed by atoms with Crippen LogP contribution in [-0.4, -0.2) is 49.8 Å². The summed E-state index contributed by atoms with van der Waals surface area (Å²) in [6.07, 6.45) is 1.34. The van der Waals surface area contributed by atoms with E-state index in [9.17, 15) is 0 Å². The summed E-state index contributed by atoms with van der Waals surface area (Å²) in [7, 11) is 0. The summed E-state index contributed by atoms with van der Waals surface area (Å²) in [6, 6.07) is 0. The van der Waals surface area contributed by atoms with Crippen LogP contribution < -0.4 is 0 Å². The third kappa shape index (κ3) is 5.38. The zero-order valence-corrected chi connectivity index (χ0v) is 13.2. The quantitative estimate of drug-likeness (QED) is 0.682.